The van der Waals surface area contributed by atoms with E-state index in [0.29, 0.717) is 24.7 Å². The van der Waals surface area contributed by atoms with E-state index >= 15 is 0 Å². The van der Waals surface area contributed by atoms with E-state index in [1.54, 1.807) is 6.07 Å². The van der Waals surface area contributed by atoms with E-state index in [9.17, 15) is 4.79 Å². The summed E-state index contributed by atoms with van der Waals surface area (Å²) in [5.41, 5.74) is 3.12. The van der Waals surface area contributed by atoms with Gasteiger partial charge in [0.15, 0.2) is 0 Å². The van der Waals surface area contributed by atoms with E-state index in [0.717, 1.165) is 22.4 Å². The maximum absolute atomic E-state index is 11.7. The molecule has 2 rings (SSSR count). The van der Waals surface area contributed by atoms with Crippen LogP contribution in [0.25, 0.3) is 0 Å². The van der Waals surface area contributed by atoms with Crippen LogP contribution in [0.15, 0.2) is 42.5 Å². The van der Waals surface area contributed by atoms with E-state index in [4.69, 9.17) is 16.3 Å². The normalized spacial score (nSPS) is 10.2. The number of aryl methyl sites for hydroxylation is 2. The number of urea groups is 1. The van der Waals surface area contributed by atoms with E-state index < -0.39 is 0 Å². The molecule has 0 heterocycles. The van der Waals surface area contributed by atoms with Gasteiger partial charge in [-0.15, -0.1) is 0 Å². The molecule has 0 aliphatic rings. The predicted molar refractivity (Wildman–Crippen MR) is 93.1 cm³/mol. The molecule has 2 N–H and O–H groups in total. The van der Waals surface area contributed by atoms with Crippen molar-refractivity contribution in [2.45, 2.75) is 20.4 Å². The van der Waals surface area contributed by atoms with Crippen LogP contribution in [0.1, 0.15) is 16.7 Å². The smallest absolute Gasteiger partial charge is 0.315 e. The number of carbonyl (C=O) groups is 1. The Kier molecular flexibility index (Phi) is 6.29. The maximum atomic E-state index is 11.7. The van der Waals surface area contributed by atoms with E-state index in [1.807, 2.05) is 50.2 Å². The fourth-order valence-corrected chi connectivity index (χ4v) is 2.27. The van der Waals surface area contributed by atoms with E-state index in [-0.39, 0.29) is 6.03 Å². The van der Waals surface area contributed by atoms with Gasteiger partial charge in [0.05, 0.1) is 6.54 Å². The van der Waals surface area contributed by atoms with Gasteiger partial charge in [0.25, 0.3) is 0 Å². The summed E-state index contributed by atoms with van der Waals surface area (Å²) >= 11 is 6.04. The summed E-state index contributed by atoms with van der Waals surface area (Å²) in [5.74, 6) is 0.850. The van der Waals surface area contributed by atoms with Crippen molar-refractivity contribution < 1.29 is 9.53 Å². The Hall–Kier alpha value is -2.20. The van der Waals surface area contributed by atoms with Crippen LogP contribution >= 0.6 is 11.6 Å². The lowest BCUT2D eigenvalue weighted by atomic mass is 10.1. The molecule has 0 atom stereocenters. The minimum absolute atomic E-state index is 0.241. The van der Waals surface area contributed by atoms with Gasteiger partial charge >= 0.3 is 6.03 Å². The molecule has 2 amide bonds. The van der Waals surface area contributed by atoms with Gasteiger partial charge in [-0.3, -0.25) is 0 Å². The number of hydrogen-bond donors (Lipinski definition) is 2. The van der Waals surface area contributed by atoms with Crippen molar-refractivity contribution in [1.82, 2.24) is 10.6 Å². The molecule has 0 bridgehead atoms. The fraction of sp³-hybridized carbons (Fsp3) is 0.278. The monoisotopic (exact) mass is 332 g/mol. The van der Waals surface area contributed by atoms with Gasteiger partial charge in [-0.25, -0.2) is 4.79 Å². The number of benzene rings is 2. The highest BCUT2D eigenvalue weighted by molar-refractivity contribution is 6.31. The van der Waals surface area contributed by atoms with Gasteiger partial charge < -0.3 is 15.4 Å². The summed E-state index contributed by atoms with van der Waals surface area (Å²) < 4.78 is 5.69. The molecule has 0 aliphatic heterocycles. The van der Waals surface area contributed by atoms with Crippen molar-refractivity contribution in [3.63, 3.8) is 0 Å². The van der Waals surface area contributed by atoms with Crippen LogP contribution in [-0.2, 0) is 6.54 Å². The molecule has 122 valence electrons. The Morgan fingerprint density at radius 3 is 2.70 bits per heavy atom. The van der Waals surface area contributed by atoms with Crippen LogP contribution in [-0.4, -0.2) is 19.2 Å². The molecule has 0 radical (unpaired) electrons. The average molecular weight is 333 g/mol. The third-order valence-corrected chi connectivity index (χ3v) is 3.75. The van der Waals surface area contributed by atoms with Crippen LogP contribution in [0, 0.1) is 13.8 Å². The minimum atomic E-state index is -0.241. The maximum Gasteiger partial charge on any atom is 0.315 e. The third kappa shape index (κ3) is 5.49. The Bertz CT molecular complexity index is 674. The highest BCUT2D eigenvalue weighted by Crippen LogP contribution is 2.18. The van der Waals surface area contributed by atoms with Crippen LogP contribution < -0.4 is 15.4 Å². The Morgan fingerprint density at radius 2 is 1.91 bits per heavy atom. The van der Waals surface area contributed by atoms with Crippen LogP contribution in [0.5, 0.6) is 5.75 Å². The number of halogens is 1. The topological polar surface area (TPSA) is 50.4 Å². The first-order chi connectivity index (χ1) is 11.1. The highest BCUT2D eigenvalue weighted by Gasteiger charge is 2.03. The third-order valence-electron chi connectivity index (χ3n) is 3.39. The van der Waals surface area contributed by atoms with Crippen molar-refractivity contribution in [1.29, 1.82) is 0 Å². The molecular formula is C18H21ClN2O2. The van der Waals surface area contributed by atoms with Gasteiger partial charge in [0.2, 0.25) is 0 Å². The Morgan fingerprint density at radius 1 is 1.13 bits per heavy atom. The second-order valence-electron chi connectivity index (χ2n) is 5.32. The van der Waals surface area contributed by atoms with Crippen LogP contribution in [0.4, 0.5) is 4.79 Å². The molecule has 0 aliphatic carbocycles. The first-order valence-corrected chi connectivity index (χ1v) is 7.89. The second kappa shape index (κ2) is 8.44. The molecule has 2 aromatic carbocycles. The number of carbonyl (C=O) groups excluding carboxylic acids is 1. The SMILES string of the molecule is Cc1ccc(C)c(OCCNC(=O)NCc2ccccc2Cl)c1. The number of nitrogens with one attached hydrogen (secondary N) is 2. The van der Waals surface area contributed by atoms with Gasteiger partial charge in [-0.1, -0.05) is 41.9 Å². The first-order valence-electron chi connectivity index (χ1n) is 7.51. The Labute approximate surface area is 141 Å². The molecule has 0 unspecified atom stereocenters. The molecule has 0 aromatic heterocycles. The summed E-state index contributed by atoms with van der Waals surface area (Å²) in [5, 5.41) is 6.17. The zero-order valence-electron chi connectivity index (χ0n) is 13.4. The molecule has 0 fully saturated rings. The van der Waals surface area contributed by atoms with E-state index in [1.165, 1.54) is 0 Å². The summed E-state index contributed by atoms with van der Waals surface area (Å²) in [4.78, 5) is 11.7. The summed E-state index contributed by atoms with van der Waals surface area (Å²) in [7, 11) is 0. The Balaban J connectivity index is 1.69. The molecule has 5 heteroatoms. The van der Waals surface area contributed by atoms with E-state index in [2.05, 4.69) is 10.6 Å². The lowest BCUT2D eigenvalue weighted by Crippen LogP contribution is -2.37. The van der Waals surface area contributed by atoms with Gasteiger partial charge in [0.1, 0.15) is 12.4 Å². The minimum Gasteiger partial charge on any atom is -0.491 e. The second-order valence-corrected chi connectivity index (χ2v) is 5.73. The molecule has 2 aromatic rings. The molecule has 0 saturated carbocycles. The summed E-state index contributed by atoms with van der Waals surface area (Å²) in [6, 6.07) is 13.2. The zero-order valence-corrected chi connectivity index (χ0v) is 14.1. The van der Waals surface area contributed by atoms with Crippen molar-refractivity contribution in [2.24, 2.45) is 0 Å². The number of ether oxygens (including phenoxy) is 1. The molecule has 23 heavy (non-hydrogen) atoms. The van der Waals surface area contributed by atoms with Crippen LogP contribution in [0.3, 0.4) is 0 Å². The number of amides is 2. The summed E-state index contributed by atoms with van der Waals surface area (Å²) in [6.07, 6.45) is 0. The quantitative estimate of drug-likeness (QED) is 0.790. The number of hydrogen-bond acceptors (Lipinski definition) is 2. The molecule has 0 saturated heterocycles. The van der Waals surface area contributed by atoms with Crippen molar-refractivity contribution >= 4 is 17.6 Å². The number of rotatable bonds is 6. The average Bonchev–Trinajstić information content (AvgIpc) is 2.54. The van der Waals surface area contributed by atoms with Gasteiger partial charge in [0, 0.05) is 11.6 Å². The molecule has 4 nitrogen and oxygen atoms in total. The summed E-state index contributed by atoms with van der Waals surface area (Å²) in [6.45, 7) is 5.26. The van der Waals surface area contributed by atoms with Gasteiger partial charge in [-0.05, 0) is 42.7 Å². The van der Waals surface area contributed by atoms with Gasteiger partial charge in [-0.2, -0.15) is 0 Å². The van der Waals surface area contributed by atoms with Crippen molar-refractivity contribution in [3.8, 4) is 5.75 Å². The van der Waals surface area contributed by atoms with Crippen molar-refractivity contribution in [2.75, 3.05) is 13.2 Å². The highest BCUT2D eigenvalue weighted by atomic mass is 35.5. The fourth-order valence-electron chi connectivity index (χ4n) is 2.07. The largest absolute Gasteiger partial charge is 0.491 e. The lowest BCUT2D eigenvalue weighted by molar-refractivity contribution is 0.236. The molecule has 0 spiro atoms. The standard InChI is InChI=1S/C18H21ClN2O2/c1-13-7-8-14(2)17(11-13)23-10-9-20-18(22)21-12-15-5-3-4-6-16(15)19/h3-8,11H,9-10,12H2,1-2H3,(H2,20,21,22). The zero-order chi connectivity index (χ0) is 16.7. The van der Waals surface area contributed by atoms with Crippen LogP contribution in [0.2, 0.25) is 5.02 Å². The predicted octanol–water partition coefficient (Wildman–Crippen LogP) is 3.84. The lowest BCUT2D eigenvalue weighted by Gasteiger charge is -2.11. The first kappa shape index (κ1) is 17.2. The molecular weight excluding hydrogens is 312 g/mol. The van der Waals surface area contributed by atoms with Crippen molar-refractivity contribution in [3.05, 3.63) is 64.2 Å².